The molecular formula is C14H17ClN2O2. The van der Waals surface area contributed by atoms with Gasteiger partial charge < -0.3 is 15.0 Å². The first kappa shape index (κ1) is 13.9. The molecule has 1 N–H and O–H groups in total. The second-order valence-electron chi connectivity index (χ2n) is 4.44. The van der Waals surface area contributed by atoms with Crippen LogP contribution in [0.3, 0.4) is 0 Å². The molecule has 1 aliphatic heterocycles. The van der Waals surface area contributed by atoms with Gasteiger partial charge in [-0.25, -0.2) is 4.79 Å². The Kier molecular flexibility index (Phi) is 4.82. The summed E-state index contributed by atoms with van der Waals surface area (Å²) >= 11 is 5.81. The number of carbonyl (C=O) groups is 1. The average Bonchev–Trinajstić information content (AvgIpc) is 2.36. The molecule has 4 nitrogen and oxygen atoms in total. The first-order valence-corrected chi connectivity index (χ1v) is 6.56. The molecule has 1 aromatic carbocycles. The molecule has 2 amide bonds. The second kappa shape index (κ2) is 6.59. The van der Waals surface area contributed by atoms with Crippen LogP contribution in [0.1, 0.15) is 5.56 Å². The van der Waals surface area contributed by atoms with Crippen molar-refractivity contribution in [2.75, 3.05) is 19.6 Å². The Morgan fingerprint density at radius 3 is 2.79 bits per heavy atom. The first-order chi connectivity index (χ1) is 9.19. The highest BCUT2D eigenvalue weighted by molar-refractivity contribution is 6.30. The highest BCUT2D eigenvalue weighted by atomic mass is 35.5. The number of amides is 2. The maximum Gasteiger partial charge on any atom is 0.317 e. The van der Waals surface area contributed by atoms with Gasteiger partial charge in [-0.05, 0) is 17.7 Å². The third-order valence-corrected chi connectivity index (χ3v) is 3.18. The highest BCUT2D eigenvalue weighted by Gasteiger charge is 2.30. The predicted molar refractivity (Wildman–Crippen MR) is 75.2 cm³/mol. The Morgan fingerprint density at radius 2 is 2.16 bits per heavy atom. The number of rotatable bonds is 5. The summed E-state index contributed by atoms with van der Waals surface area (Å²) < 4.78 is 5.70. The fourth-order valence-electron chi connectivity index (χ4n) is 1.78. The zero-order chi connectivity index (χ0) is 13.7. The SMILES string of the molecule is C=CCNC(=O)N1CC(OCc2ccc(Cl)cc2)C1. The average molecular weight is 281 g/mol. The molecule has 0 aromatic heterocycles. The van der Waals surface area contributed by atoms with E-state index in [4.69, 9.17) is 16.3 Å². The molecule has 0 bridgehead atoms. The van der Waals surface area contributed by atoms with E-state index in [-0.39, 0.29) is 12.1 Å². The third-order valence-electron chi connectivity index (χ3n) is 2.93. The lowest BCUT2D eigenvalue weighted by Gasteiger charge is -2.38. The Morgan fingerprint density at radius 1 is 1.47 bits per heavy atom. The lowest BCUT2D eigenvalue weighted by Crippen LogP contribution is -2.57. The summed E-state index contributed by atoms with van der Waals surface area (Å²) in [7, 11) is 0. The van der Waals surface area contributed by atoms with E-state index in [1.807, 2.05) is 24.3 Å². The number of carbonyl (C=O) groups excluding carboxylic acids is 1. The molecule has 0 aliphatic carbocycles. The summed E-state index contributed by atoms with van der Waals surface area (Å²) in [6.07, 6.45) is 1.77. The quantitative estimate of drug-likeness (QED) is 0.842. The smallest absolute Gasteiger partial charge is 0.317 e. The van der Waals surface area contributed by atoms with Gasteiger partial charge in [-0.2, -0.15) is 0 Å². The van der Waals surface area contributed by atoms with Gasteiger partial charge >= 0.3 is 6.03 Å². The van der Waals surface area contributed by atoms with Crippen molar-refractivity contribution in [1.82, 2.24) is 10.2 Å². The number of halogens is 1. The molecule has 0 radical (unpaired) electrons. The maximum atomic E-state index is 11.5. The van der Waals surface area contributed by atoms with E-state index in [0.29, 0.717) is 26.2 Å². The molecule has 1 aromatic rings. The number of urea groups is 1. The Hall–Kier alpha value is -1.52. The molecular weight excluding hydrogens is 264 g/mol. The Balaban J connectivity index is 1.66. The molecule has 0 atom stereocenters. The molecule has 102 valence electrons. The molecule has 0 saturated carbocycles. The van der Waals surface area contributed by atoms with Gasteiger partial charge in [0, 0.05) is 11.6 Å². The number of hydrogen-bond donors (Lipinski definition) is 1. The van der Waals surface area contributed by atoms with Crippen LogP contribution < -0.4 is 5.32 Å². The van der Waals surface area contributed by atoms with E-state index in [9.17, 15) is 4.79 Å². The van der Waals surface area contributed by atoms with E-state index in [0.717, 1.165) is 10.6 Å². The number of nitrogens with zero attached hydrogens (tertiary/aromatic N) is 1. The number of likely N-dealkylation sites (tertiary alicyclic amines) is 1. The van der Waals surface area contributed by atoms with E-state index < -0.39 is 0 Å². The molecule has 5 heteroatoms. The van der Waals surface area contributed by atoms with Gasteiger partial charge in [-0.1, -0.05) is 29.8 Å². The summed E-state index contributed by atoms with van der Waals surface area (Å²) in [5.74, 6) is 0. The van der Waals surface area contributed by atoms with E-state index in [1.54, 1.807) is 11.0 Å². The van der Waals surface area contributed by atoms with E-state index in [1.165, 1.54) is 0 Å². The first-order valence-electron chi connectivity index (χ1n) is 6.19. The minimum Gasteiger partial charge on any atom is -0.370 e. The molecule has 1 aliphatic rings. The van der Waals surface area contributed by atoms with E-state index >= 15 is 0 Å². The van der Waals surface area contributed by atoms with Gasteiger partial charge in [0.1, 0.15) is 0 Å². The van der Waals surface area contributed by atoms with Crippen LogP contribution in [0.25, 0.3) is 0 Å². The monoisotopic (exact) mass is 280 g/mol. The van der Waals surface area contributed by atoms with Crippen molar-refractivity contribution in [2.45, 2.75) is 12.7 Å². The molecule has 0 unspecified atom stereocenters. The van der Waals surface area contributed by atoms with Crippen LogP contribution in [0.5, 0.6) is 0 Å². The fraction of sp³-hybridized carbons (Fsp3) is 0.357. The summed E-state index contributed by atoms with van der Waals surface area (Å²) in [6, 6.07) is 7.50. The molecule has 1 saturated heterocycles. The number of ether oxygens (including phenoxy) is 1. The fourth-order valence-corrected chi connectivity index (χ4v) is 1.90. The molecule has 1 heterocycles. The largest absolute Gasteiger partial charge is 0.370 e. The van der Waals surface area contributed by atoms with Gasteiger partial charge in [0.15, 0.2) is 0 Å². The van der Waals surface area contributed by atoms with Crippen LogP contribution in [0.2, 0.25) is 5.02 Å². The number of benzene rings is 1. The summed E-state index contributed by atoms with van der Waals surface area (Å²) in [4.78, 5) is 13.3. The summed E-state index contributed by atoms with van der Waals surface area (Å²) in [6.45, 7) is 5.86. The standard InChI is InChI=1S/C14H17ClN2O2/c1-2-7-16-14(18)17-8-13(9-17)19-10-11-3-5-12(15)6-4-11/h2-6,13H,1,7-10H2,(H,16,18). The molecule has 1 fully saturated rings. The van der Waals surface area contributed by atoms with Crippen LogP contribution >= 0.6 is 11.6 Å². The van der Waals surface area contributed by atoms with Crippen LogP contribution in [0.4, 0.5) is 4.79 Å². The highest BCUT2D eigenvalue weighted by Crippen LogP contribution is 2.15. The Bertz CT molecular complexity index is 441. The summed E-state index contributed by atoms with van der Waals surface area (Å²) in [5, 5.41) is 3.45. The second-order valence-corrected chi connectivity index (χ2v) is 4.88. The minimum absolute atomic E-state index is 0.0637. The van der Waals surface area contributed by atoms with Crippen molar-refractivity contribution < 1.29 is 9.53 Å². The third kappa shape index (κ3) is 3.98. The lowest BCUT2D eigenvalue weighted by atomic mass is 10.2. The molecule has 2 rings (SSSR count). The molecule has 19 heavy (non-hydrogen) atoms. The van der Waals surface area contributed by atoms with Gasteiger partial charge in [0.2, 0.25) is 0 Å². The van der Waals surface area contributed by atoms with Crippen LogP contribution in [0.15, 0.2) is 36.9 Å². The van der Waals surface area contributed by atoms with Crippen LogP contribution in [-0.2, 0) is 11.3 Å². The number of nitrogens with one attached hydrogen (secondary N) is 1. The predicted octanol–water partition coefficient (Wildman–Crippen LogP) is 2.44. The van der Waals surface area contributed by atoms with Gasteiger partial charge in [-0.15, -0.1) is 6.58 Å². The van der Waals surface area contributed by atoms with Crippen LogP contribution in [0, 0.1) is 0 Å². The van der Waals surface area contributed by atoms with Gasteiger partial charge in [0.05, 0.1) is 25.8 Å². The Labute approximate surface area is 118 Å². The normalized spacial score (nSPS) is 14.9. The maximum absolute atomic E-state index is 11.5. The van der Waals surface area contributed by atoms with Gasteiger partial charge in [-0.3, -0.25) is 0 Å². The van der Waals surface area contributed by atoms with Crippen molar-refractivity contribution in [2.24, 2.45) is 0 Å². The van der Waals surface area contributed by atoms with Crippen molar-refractivity contribution in [3.05, 3.63) is 47.5 Å². The molecule has 0 spiro atoms. The van der Waals surface area contributed by atoms with Crippen molar-refractivity contribution in [3.63, 3.8) is 0 Å². The van der Waals surface area contributed by atoms with Crippen LogP contribution in [-0.4, -0.2) is 36.7 Å². The zero-order valence-electron chi connectivity index (χ0n) is 10.6. The lowest BCUT2D eigenvalue weighted by molar-refractivity contribution is -0.0440. The van der Waals surface area contributed by atoms with E-state index in [2.05, 4.69) is 11.9 Å². The summed E-state index contributed by atoms with van der Waals surface area (Å²) in [5.41, 5.74) is 1.08. The topological polar surface area (TPSA) is 41.6 Å². The minimum atomic E-state index is -0.0637. The van der Waals surface area contributed by atoms with Crippen molar-refractivity contribution >= 4 is 17.6 Å². The van der Waals surface area contributed by atoms with Gasteiger partial charge in [0.25, 0.3) is 0 Å². The number of hydrogen-bond acceptors (Lipinski definition) is 2. The van der Waals surface area contributed by atoms with Crippen molar-refractivity contribution in [3.8, 4) is 0 Å². The zero-order valence-corrected chi connectivity index (χ0v) is 11.4. The van der Waals surface area contributed by atoms with Crippen molar-refractivity contribution in [1.29, 1.82) is 0 Å².